The molecule has 0 unspecified atom stereocenters. The van der Waals surface area contributed by atoms with Gasteiger partial charge in [0.15, 0.2) is 0 Å². The van der Waals surface area contributed by atoms with Crippen molar-refractivity contribution in [3.05, 3.63) is 0 Å². The molecule has 1 aliphatic rings. The molecule has 0 spiro atoms. The third kappa shape index (κ3) is 2.56. The summed E-state index contributed by atoms with van der Waals surface area (Å²) in [6.45, 7) is 0.628. The minimum atomic E-state index is 0.382. The van der Waals surface area contributed by atoms with E-state index >= 15 is 0 Å². The first-order valence-electron chi connectivity index (χ1n) is 4.34. The van der Waals surface area contributed by atoms with Crippen molar-refractivity contribution in [1.29, 1.82) is 0 Å². The van der Waals surface area contributed by atoms with Crippen molar-refractivity contribution in [1.82, 2.24) is 5.32 Å². The molecule has 0 bridgehead atoms. The number of halogens is 1. The Morgan fingerprint density at radius 1 is 1.27 bits per heavy atom. The van der Waals surface area contributed by atoms with Crippen molar-refractivity contribution in [2.75, 3.05) is 11.1 Å². The second kappa shape index (κ2) is 4.62. The molecule has 0 aromatic rings. The fourth-order valence-corrected chi connectivity index (χ4v) is 2.84. The molecule has 0 amide bonds. The van der Waals surface area contributed by atoms with Crippen LogP contribution in [0.5, 0.6) is 0 Å². The molecule has 0 aromatic carbocycles. The van der Waals surface area contributed by atoms with Crippen LogP contribution in [0.15, 0.2) is 0 Å². The molecule has 0 aliphatic heterocycles. The van der Waals surface area contributed by atoms with Gasteiger partial charge in [0.1, 0.15) is 0 Å². The molecule has 11 heavy (non-hydrogen) atoms. The van der Waals surface area contributed by atoms with Gasteiger partial charge in [-0.1, -0.05) is 41.9 Å². The molecule has 0 heterocycles. The summed E-state index contributed by atoms with van der Waals surface area (Å²) >= 11 is 2.46. The summed E-state index contributed by atoms with van der Waals surface area (Å²) in [4.78, 5) is 0. The lowest BCUT2D eigenvalue weighted by molar-refractivity contribution is 0.267. The molecule has 1 fully saturated rings. The highest BCUT2D eigenvalue weighted by Crippen LogP contribution is 2.29. The van der Waals surface area contributed by atoms with Gasteiger partial charge in [-0.15, -0.1) is 0 Å². The average molecular weight is 268 g/mol. The fourth-order valence-electron chi connectivity index (χ4n) is 1.80. The highest BCUT2D eigenvalue weighted by atomic mass is 127. The lowest BCUT2D eigenvalue weighted by Crippen LogP contribution is -2.50. The van der Waals surface area contributed by atoms with Crippen LogP contribution in [-0.4, -0.2) is 16.6 Å². The minimum absolute atomic E-state index is 0.382. The molecule has 66 valence electrons. The Balaban J connectivity index is 2.42. The topological polar surface area (TPSA) is 38.0 Å². The van der Waals surface area contributed by atoms with E-state index in [1.807, 2.05) is 0 Å². The summed E-state index contributed by atoms with van der Waals surface area (Å²) in [5.41, 5.74) is 5.89. The Kier molecular flexibility index (Phi) is 4.09. The van der Waals surface area contributed by atoms with Crippen LogP contribution in [0.3, 0.4) is 0 Å². The van der Waals surface area contributed by atoms with Gasteiger partial charge in [0, 0.05) is 16.6 Å². The molecule has 0 aromatic heterocycles. The van der Waals surface area contributed by atoms with Crippen LogP contribution >= 0.6 is 22.6 Å². The van der Waals surface area contributed by atoms with E-state index in [4.69, 9.17) is 5.73 Å². The smallest absolute Gasteiger partial charge is 0.0433 e. The number of nitrogens with two attached hydrogens (primary N) is 1. The maximum Gasteiger partial charge on any atom is 0.0433 e. The quantitative estimate of drug-likeness (QED) is 0.464. The molecule has 0 saturated heterocycles. The van der Waals surface area contributed by atoms with E-state index in [2.05, 4.69) is 27.9 Å². The Bertz CT molecular complexity index is 105. The summed E-state index contributed by atoms with van der Waals surface area (Å²) < 4.78 is 1.20. The van der Waals surface area contributed by atoms with E-state index in [0.29, 0.717) is 12.2 Å². The summed E-state index contributed by atoms with van der Waals surface area (Å²) in [5.74, 6) is 0. The molecular formula is C8H17IN2. The fraction of sp³-hybridized carbons (Fsp3) is 1.00. The lowest BCUT2D eigenvalue weighted by Gasteiger charge is -2.36. The Morgan fingerprint density at radius 2 is 1.91 bits per heavy atom. The zero-order valence-electron chi connectivity index (χ0n) is 6.91. The van der Waals surface area contributed by atoms with E-state index in [9.17, 15) is 0 Å². The van der Waals surface area contributed by atoms with Crippen molar-refractivity contribution in [3.8, 4) is 0 Å². The highest BCUT2D eigenvalue weighted by Gasteiger charge is 2.29. The predicted octanol–water partition coefficient (Wildman–Crippen LogP) is 1.63. The number of hydrogen-bond acceptors (Lipinski definition) is 2. The van der Waals surface area contributed by atoms with Crippen molar-refractivity contribution in [3.63, 3.8) is 0 Å². The van der Waals surface area contributed by atoms with Gasteiger partial charge < -0.3 is 5.73 Å². The van der Waals surface area contributed by atoms with E-state index in [-0.39, 0.29) is 0 Å². The molecule has 3 heteroatoms. The first-order chi connectivity index (χ1) is 5.33. The molecule has 3 N–H and O–H groups in total. The standard InChI is InChI=1S/C8H17IN2/c9-6-8(11-7-10)4-2-1-3-5-8/h11H,1-7,10H2. The number of hydrogen-bond donors (Lipinski definition) is 2. The third-order valence-corrected chi connectivity index (χ3v) is 4.00. The second-order valence-electron chi connectivity index (χ2n) is 3.36. The van der Waals surface area contributed by atoms with Gasteiger partial charge in [-0.3, -0.25) is 5.32 Å². The number of rotatable bonds is 3. The number of alkyl halides is 1. The molecular weight excluding hydrogens is 251 g/mol. The van der Waals surface area contributed by atoms with Crippen LogP contribution in [0.25, 0.3) is 0 Å². The van der Waals surface area contributed by atoms with Crippen LogP contribution < -0.4 is 11.1 Å². The van der Waals surface area contributed by atoms with Crippen LogP contribution in [0.4, 0.5) is 0 Å². The molecule has 0 atom stereocenters. The largest absolute Gasteiger partial charge is 0.318 e. The Morgan fingerprint density at radius 3 is 2.36 bits per heavy atom. The van der Waals surface area contributed by atoms with Crippen LogP contribution in [0.1, 0.15) is 32.1 Å². The second-order valence-corrected chi connectivity index (χ2v) is 4.12. The van der Waals surface area contributed by atoms with Crippen molar-refractivity contribution >= 4 is 22.6 Å². The van der Waals surface area contributed by atoms with E-state index in [0.717, 1.165) is 0 Å². The average Bonchev–Trinajstić information content (AvgIpc) is 2.07. The third-order valence-electron chi connectivity index (χ3n) is 2.54. The molecule has 0 radical (unpaired) electrons. The maximum atomic E-state index is 5.51. The van der Waals surface area contributed by atoms with Gasteiger partial charge in [-0.05, 0) is 12.8 Å². The summed E-state index contributed by atoms with van der Waals surface area (Å²) in [5, 5.41) is 3.42. The lowest BCUT2D eigenvalue weighted by atomic mass is 9.83. The zero-order chi connectivity index (χ0) is 8.16. The van der Waals surface area contributed by atoms with Crippen LogP contribution in [0.2, 0.25) is 0 Å². The zero-order valence-corrected chi connectivity index (χ0v) is 9.06. The first-order valence-corrected chi connectivity index (χ1v) is 5.87. The SMILES string of the molecule is NCNC1(CI)CCCCC1. The first kappa shape index (κ1) is 9.74. The monoisotopic (exact) mass is 268 g/mol. The van der Waals surface area contributed by atoms with Gasteiger partial charge in [0.05, 0.1) is 0 Å². The van der Waals surface area contributed by atoms with Crippen LogP contribution in [0, 0.1) is 0 Å². The summed E-state index contributed by atoms with van der Waals surface area (Å²) in [7, 11) is 0. The Hall–Kier alpha value is 0.650. The van der Waals surface area contributed by atoms with E-state index in [1.165, 1.54) is 36.5 Å². The predicted molar refractivity (Wildman–Crippen MR) is 56.9 cm³/mol. The van der Waals surface area contributed by atoms with E-state index in [1.54, 1.807) is 0 Å². The highest BCUT2D eigenvalue weighted by molar-refractivity contribution is 14.1. The van der Waals surface area contributed by atoms with Crippen molar-refractivity contribution < 1.29 is 0 Å². The molecule has 2 nitrogen and oxygen atoms in total. The van der Waals surface area contributed by atoms with Gasteiger partial charge in [0.2, 0.25) is 0 Å². The molecule has 1 rings (SSSR count). The Labute approximate surface area is 82.4 Å². The van der Waals surface area contributed by atoms with E-state index < -0.39 is 0 Å². The van der Waals surface area contributed by atoms with Gasteiger partial charge >= 0.3 is 0 Å². The van der Waals surface area contributed by atoms with Crippen molar-refractivity contribution in [2.45, 2.75) is 37.6 Å². The summed E-state index contributed by atoms with van der Waals surface area (Å²) in [6, 6.07) is 0. The molecule has 1 saturated carbocycles. The van der Waals surface area contributed by atoms with Crippen molar-refractivity contribution in [2.24, 2.45) is 5.73 Å². The number of nitrogens with one attached hydrogen (secondary N) is 1. The normalized spacial score (nSPS) is 23.5. The van der Waals surface area contributed by atoms with Gasteiger partial charge in [-0.25, -0.2) is 0 Å². The molecule has 1 aliphatic carbocycles. The maximum absolute atomic E-state index is 5.51. The van der Waals surface area contributed by atoms with Crippen LogP contribution in [-0.2, 0) is 0 Å². The minimum Gasteiger partial charge on any atom is -0.318 e. The van der Waals surface area contributed by atoms with Gasteiger partial charge in [0.25, 0.3) is 0 Å². The summed E-state index contributed by atoms with van der Waals surface area (Å²) in [6.07, 6.45) is 6.77. The van der Waals surface area contributed by atoms with Gasteiger partial charge in [-0.2, -0.15) is 0 Å².